The molecule has 0 heterocycles. The second kappa shape index (κ2) is 59.8. The molecule has 4 unspecified atom stereocenters. The summed E-state index contributed by atoms with van der Waals surface area (Å²) in [6.07, 6.45) is 41.7. The molecule has 0 bridgehead atoms. The summed E-state index contributed by atoms with van der Waals surface area (Å²) in [4.78, 5) is 72.5. The number of ether oxygens (including phenoxy) is 4. The minimum absolute atomic E-state index is 0.103. The summed E-state index contributed by atoms with van der Waals surface area (Å²) in [6.45, 7) is 14.1. The Morgan fingerprint density at radius 3 is 0.798 bits per heavy atom. The van der Waals surface area contributed by atoms with Crippen LogP contribution in [0.25, 0.3) is 0 Å². The average molecular weight is 1310 g/mol. The maximum Gasteiger partial charge on any atom is 0.472 e. The highest BCUT2D eigenvalue weighted by Gasteiger charge is 2.30. The van der Waals surface area contributed by atoms with E-state index in [-0.39, 0.29) is 25.7 Å². The van der Waals surface area contributed by atoms with E-state index in [9.17, 15) is 43.2 Å². The summed E-state index contributed by atoms with van der Waals surface area (Å²) in [5, 5.41) is 10.6. The SMILES string of the molecule is CCC(C)CCCCCCCCCCC(=O)OC[C@H](COP(=O)(O)OC[C@@H](O)COP(=O)(O)OC[C@@H](COC(=O)CCCCCCCCC(C)CC)OC(=O)CCCCCCCCCCCCCCCC(C)C)OC(=O)CCCCCCCCCCC(C)C. The van der Waals surface area contributed by atoms with E-state index in [1.807, 2.05) is 0 Å². The molecule has 0 aromatic carbocycles. The zero-order valence-corrected chi connectivity index (χ0v) is 59.8. The molecule has 0 aliphatic heterocycles. The van der Waals surface area contributed by atoms with E-state index in [0.29, 0.717) is 25.7 Å². The average Bonchev–Trinajstić information content (AvgIpc) is 3.71. The fourth-order valence-electron chi connectivity index (χ4n) is 10.4. The monoisotopic (exact) mass is 1310 g/mol. The Morgan fingerprint density at radius 2 is 0.539 bits per heavy atom. The van der Waals surface area contributed by atoms with Crippen molar-refractivity contribution in [3.05, 3.63) is 0 Å². The van der Waals surface area contributed by atoms with Crippen LogP contribution >= 0.6 is 15.6 Å². The predicted molar refractivity (Wildman–Crippen MR) is 358 cm³/mol. The van der Waals surface area contributed by atoms with E-state index in [2.05, 4.69) is 55.4 Å². The van der Waals surface area contributed by atoms with E-state index < -0.39 is 97.5 Å². The fraction of sp³-hybridized carbons (Fsp3) is 0.943. The number of phosphoric acid groups is 2. The summed E-state index contributed by atoms with van der Waals surface area (Å²) in [5.74, 6) is 0.881. The molecule has 0 saturated heterocycles. The van der Waals surface area contributed by atoms with E-state index in [4.69, 9.17) is 37.0 Å². The Balaban J connectivity index is 5.25. The van der Waals surface area contributed by atoms with Crippen molar-refractivity contribution in [2.24, 2.45) is 23.7 Å². The zero-order valence-electron chi connectivity index (χ0n) is 58.1. The maximum absolute atomic E-state index is 13.0. The first kappa shape index (κ1) is 87.1. The molecule has 0 radical (unpaired) electrons. The first-order chi connectivity index (χ1) is 42.7. The van der Waals surface area contributed by atoms with Crippen LogP contribution in [0.5, 0.6) is 0 Å². The summed E-state index contributed by atoms with van der Waals surface area (Å²) >= 11 is 0. The molecule has 528 valence electrons. The van der Waals surface area contributed by atoms with Gasteiger partial charge in [0.05, 0.1) is 26.4 Å². The largest absolute Gasteiger partial charge is 0.472 e. The number of carbonyl (C=O) groups excluding carboxylic acids is 4. The summed E-state index contributed by atoms with van der Waals surface area (Å²) in [7, 11) is -9.90. The summed E-state index contributed by atoms with van der Waals surface area (Å²) in [5.41, 5.74) is 0. The molecule has 0 amide bonds. The first-order valence-electron chi connectivity index (χ1n) is 36.3. The topological polar surface area (TPSA) is 237 Å². The van der Waals surface area contributed by atoms with Gasteiger partial charge in [-0.3, -0.25) is 37.3 Å². The van der Waals surface area contributed by atoms with Crippen LogP contribution in [0.1, 0.15) is 344 Å². The molecule has 3 N–H and O–H groups in total. The summed E-state index contributed by atoms with van der Waals surface area (Å²) < 4.78 is 68.3. The van der Waals surface area contributed by atoms with Gasteiger partial charge in [0, 0.05) is 25.7 Å². The zero-order chi connectivity index (χ0) is 66.1. The molecule has 7 atom stereocenters. The minimum atomic E-state index is -4.95. The quantitative estimate of drug-likeness (QED) is 0.0222. The van der Waals surface area contributed by atoms with Crippen molar-refractivity contribution >= 4 is 39.5 Å². The Bertz CT molecular complexity index is 1770. The number of hydrogen-bond donors (Lipinski definition) is 3. The molecule has 0 aromatic heterocycles. The lowest BCUT2D eigenvalue weighted by Crippen LogP contribution is -2.30. The summed E-state index contributed by atoms with van der Waals surface area (Å²) in [6, 6.07) is 0. The Morgan fingerprint density at radius 1 is 0.315 bits per heavy atom. The third kappa shape index (κ3) is 62.0. The lowest BCUT2D eigenvalue weighted by atomic mass is 9.99. The molecule has 0 aliphatic carbocycles. The van der Waals surface area contributed by atoms with E-state index in [0.717, 1.165) is 120 Å². The standard InChI is InChI=1S/C70H136O17P2/c1-9-62(7)48-40-32-24-19-21-25-34-42-50-67(72)80-56-65(87-70(75)53-45-37-27-20-18-23-31-39-47-61(5)6)58-84-88(76,77)82-54-64(71)55-83-89(78,79)85-59-66(57-81-68(73)51-43-35-29-28-33-41-49-63(8)10-2)86-69(74)52-44-36-26-17-15-13-11-12-14-16-22-30-38-46-60(3)4/h60-66,71H,9-59H2,1-8H3,(H,76,77)(H,78,79)/t62?,63?,64-,65-,66-/m1/s1. The van der Waals surface area contributed by atoms with Gasteiger partial charge < -0.3 is 33.8 Å². The number of aliphatic hydroxyl groups is 1. The van der Waals surface area contributed by atoms with Crippen LogP contribution < -0.4 is 0 Å². The van der Waals surface area contributed by atoms with Gasteiger partial charge in [-0.15, -0.1) is 0 Å². The second-order valence-corrected chi connectivity index (χ2v) is 29.6. The number of esters is 4. The van der Waals surface area contributed by atoms with Crippen molar-refractivity contribution in [3.63, 3.8) is 0 Å². The normalized spacial score (nSPS) is 14.9. The van der Waals surface area contributed by atoms with Crippen molar-refractivity contribution in [1.29, 1.82) is 0 Å². The number of rotatable bonds is 67. The number of hydrogen-bond acceptors (Lipinski definition) is 15. The van der Waals surface area contributed by atoms with Gasteiger partial charge in [-0.1, -0.05) is 293 Å². The van der Waals surface area contributed by atoms with E-state index in [1.165, 1.54) is 141 Å². The van der Waals surface area contributed by atoms with Crippen LogP contribution in [0, 0.1) is 23.7 Å². The number of carbonyl (C=O) groups is 4. The molecule has 17 nitrogen and oxygen atoms in total. The van der Waals surface area contributed by atoms with Crippen molar-refractivity contribution in [1.82, 2.24) is 0 Å². The first-order valence-corrected chi connectivity index (χ1v) is 39.3. The number of phosphoric ester groups is 2. The van der Waals surface area contributed by atoms with Crippen LogP contribution in [0.4, 0.5) is 0 Å². The molecule has 0 rings (SSSR count). The minimum Gasteiger partial charge on any atom is -0.462 e. The molecule has 0 saturated carbocycles. The highest BCUT2D eigenvalue weighted by atomic mass is 31.2. The van der Waals surface area contributed by atoms with Crippen molar-refractivity contribution in [3.8, 4) is 0 Å². The Hall–Kier alpha value is -1.94. The van der Waals surface area contributed by atoms with Gasteiger partial charge in [0.1, 0.15) is 19.3 Å². The molecule has 0 aliphatic rings. The molecular formula is C70H136O17P2. The molecule has 0 spiro atoms. The highest BCUT2D eigenvalue weighted by Crippen LogP contribution is 2.45. The second-order valence-electron chi connectivity index (χ2n) is 26.7. The van der Waals surface area contributed by atoms with Crippen molar-refractivity contribution in [2.75, 3.05) is 39.6 Å². The van der Waals surface area contributed by atoms with Gasteiger partial charge in [-0.2, -0.15) is 0 Å². The van der Waals surface area contributed by atoms with Gasteiger partial charge in [0.15, 0.2) is 12.2 Å². The third-order valence-corrected chi connectivity index (χ3v) is 18.7. The van der Waals surface area contributed by atoms with Crippen molar-refractivity contribution in [2.45, 2.75) is 363 Å². The van der Waals surface area contributed by atoms with Gasteiger partial charge >= 0.3 is 39.5 Å². The number of aliphatic hydroxyl groups excluding tert-OH is 1. The fourth-order valence-corrected chi connectivity index (χ4v) is 12.0. The third-order valence-electron chi connectivity index (χ3n) is 16.8. The van der Waals surface area contributed by atoms with Gasteiger partial charge in [0.2, 0.25) is 0 Å². The molecular weight excluding hydrogens is 1170 g/mol. The van der Waals surface area contributed by atoms with Gasteiger partial charge in [-0.05, 0) is 49.4 Å². The number of unbranched alkanes of at least 4 members (excludes halogenated alkanes) is 31. The Labute approximate surface area is 543 Å². The highest BCUT2D eigenvalue weighted by molar-refractivity contribution is 7.47. The smallest absolute Gasteiger partial charge is 0.462 e. The van der Waals surface area contributed by atoms with Gasteiger partial charge in [0.25, 0.3) is 0 Å². The van der Waals surface area contributed by atoms with Crippen molar-refractivity contribution < 1.29 is 80.2 Å². The van der Waals surface area contributed by atoms with E-state index >= 15 is 0 Å². The van der Waals surface area contributed by atoms with Crippen LogP contribution in [0.3, 0.4) is 0 Å². The molecule has 19 heteroatoms. The van der Waals surface area contributed by atoms with Gasteiger partial charge in [-0.25, -0.2) is 9.13 Å². The molecule has 89 heavy (non-hydrogen) atoms. The lowest BCUT2D eigenvalue weighted by molar-refractivity contribution is -0.161. The molecule has 0 aromatic rings. The van der Waals surface area contributed by atoms with Crippen LogP contribution in [0.2, 0.25) is 0 Å². The molecule has 0 fully saturated rings. The van der Waals surface area contributed by atoms with Crippen LogP contribution in [-0.2, 0) is 65.4 Å². The van der Waals surface area contributed by atoms with Crippen LogP contribution in [0.15, 0.2) is 0 Å². The maximum atomic E-state index is 13.0. The Kier molecular flexibility index (Phi) is 58.5. The lowest BCUT2D eigenvalue weighted by Gasteiger charge is -2.21. The van der Waals surface area contributed by atoms with E-state index in [1.54, 1.807) is 0 Å². The predicted octanol–water partition coefficient (Wildman–Crippen LogP) is 19.7. The van der Waals surface area contributed by atoms with Crippen LogP contribution in [-0.4, -0.2) is 96.7 Å².